The summed E-state index contributed by atoms with van der Waals surface area (Å²) in [4.78, 5) is 25.6. The van der Waals surface area contributed by atoms with Crippen LogP contribution in [0, 0.1) is 0 Å². The normalized spacial score (nSPS) is 8.19. The van der Waals surface area contributed by atoms with Gasteiger partial charge in [0.05, 0.1) is 0 Å². The van der Waals surface area contributed by atoms with Crippen LogP contribution in [0.15, 0.2) is 0 Å². The van der Waals surface area contributed by atoms with Crippen molar-refractivity contribution in [3.8, 4) is 0 Å². The summed E-state index contributed by atoms with van der Waals surface area (Å²) in [5.41, 5.74) is 0. The number of hydrogen-bond donors (Lipinski definition) is 0. The molecule has 0 rings (SSSR count). The Labute approximate surface area is 139 Å². The van der Waals surface area contributed by atoms with Gasteiger partial charge in [-0.05, 0) is 0 Å². The van der Waals surface area contributed by atoms with Crippen molar-refractivity contribution in [1.29, 1.82) is 0 Å². The van der Waals surface area contributed by atoms with Crippen molar-refractivity contribution >= 4 is 25.4 Å². The monoisotopic (exact) mass is 264 g/mol. The van der Waals surface area contributed by atoms with E-state index in [1.807, 2.05) is 0 Å². The van der Waals surface area contributed by atoms with Gasteiger partial charge < -0.3 is 19.2 Å². The molecular formula is C6H20Li3O4PSi2. The summed E-state index contributed by atoms with van der Waals surface area (Å²) in [6, 6.07) is 0. The van der Waals surface area contributed by atoms with Gasteiger partial charge in [-0.25, -0.2) is 0 Å². The zero-order valence-corrected chi connectivity index (χ0v) is 15.4. The molecule has 0 spiro atoms. The van der Waals surface area contributed by atoms with Gasteiger partial charge in [-0.15, -0.1) is 0 Å². The van der Waals surface area contributed by atoms with Crippen LogP contribution in [-0.4, -0.2) is 17.6 Å². The van der Waals surface area contributed by atoms with Gasteiger partial charge in [0.1, 0.15) is 0 Å². The van der Waals surface area contributed by atoms with E-state index in [-0.39, 0.29) is 74.2 Å². The molecule has 0 bridgehead atoms. The van der Waals surface area contributed by atoms with Gasteiger partial charge in [0.25, 0.3) is 0 Å². The molecule has 0 N–H and O–H groups in total. The van der Waals surface area contributed by atoms with Crippen LogP contribution in [0.4, 0.5) is 0 Å². The van der Waals surface area contributed by atoms with Crippen LogP contribution < -0.4 is 71.3 Å². The molecule has 0 aliphatic rings. The summed E-state index contributed by atoms with van der Waals surface area (Å²) in [6.45, 7) is 13.8. The van der Waals surface area contributed by atoms with Crippen molar-refractivity contribution in [3.05, 3.63) is 0 Å². The van der Waals surface area contributed by atoms with E-state index in [0.29, 0.717) is 0 Å². The molecule has 84 valence electrons. The van der Waals surface area contributed by atoms with Crippen LogP contribution in [0.25, 0.3) is 0 Å². The number of phosphoric acid groups is 1. The first-order valence-electron chi connectivity index (χ1n) is 4.19. The molecule has 0 aliphatic carbocycles. The summed E-state index contributed by atoms with van der Waals surface area (Å²) in [7, 11) is -5.67. The molecule has 0 amide bonds. The molecule has 16 heavy (non-hydrogen) atoms. The van der Waals surface area contributed by atoms with Gasteiger partial charge in [-0.1, -0.05) is 39.3 Å². The van der Waals surface area contributed by atoms with Gasteiger partial charge in [-0.3, -0.25) is 0 Å². The summed E-state index contributed by atoms with van der Waals surface area (Å²) >= 11 is 0. The molecular weight excluding hydrogens is 244 g/mol. The van der Waals surface area contributed by atoms with E-state index in [4.69, 9.17) is 19.2 Å². The molecule has 0 heterocycles. The first-order chi connectivity index (χ1) is 5.46. The van der Waals surface area contributed by atoms with Gasteiger partial charge in [0.2, 0.25) is 0 Å². The second kappa shape index (κ2) is 22.5. The molecule has 0 aromatic rings. The largest absolute Gasteiger partial charge is 1.00 e. The molecule has 0 aromatic heterocycles. The van der Waals surface area contributed by atoms with Crippen LogP contribution in [0.5, 0.6) is 0 Å². The van der Waals surface area contributed by atoms with Crippen molar-refractivity contribution < 1.29 is 75.8 Å². The average Bonchev–Trinajstić information content (AvgIpc) is 1.50. The smallest absolute Gasteiger partial charge is 0.822 e. The number of rotatable bonds is 0. The quantitative estimate of drug-likeness (QED) is 0.321. The minimum Gasteiger partial charge on any atom is -0.822 e. The fourth-order valence-corrected chi connectivity index (χ4v) is 0. The van der Waals surface area contributed by atoms with Gasteiger partial charge >= 0.3 is 56.6 Å². The van der Waals surface area contributed by atoms with E-state index in [9.17, 15) is 0 Å². The molecule has 4 nitrogen and oxygen atoms in total. The van der Waals surface area contributed by atoms with Crippen LogP contribution >= 0.6 is 7.82 Å². The molecule has 0 saturated carbocycles. The van der Waals surface area contributed by atoms with Crippen molar-refractivity contribution in [1.82, 2.24) is 0 Å². The Bertz CT molecular complexity index is 126. The van der Waals surface area contributed by atoms with E-state index >= 15 is 0 Å². The standard InChI is InChI=1S/2C3H10Si.3Li.H3O4P/c2*1-4(2)3;;;;1-5(2,3)4/h2*4H,1-3H3;;;;(H3,1,2,3,4)/q;;3*+1;/p-3. The van der Waals surface area contributed by atoms with E-state index in [1.54, 1.807) is 0 Å². The molecule has 0 unspecified atom stereocenters. The fourth-order valence-electron chi connectivity index (χ4n) is 0. The maximum absolute atomic E-state index is 8.55. The Kier molecular flexibility index (Phi) is 50.9. The summed E-state index contributed by atoms with van der Waals surface area (Å²) < 4.78 is 8.55. The van der Waals surface area contributed by atoms with Gasteiger partial charge in [0.15, 0.2) is 0 Å². The second-order valence-corrected chi connectivity index (χ2v) is 11.7. The first kappa shape index (κ1) is 36.2. The first-order valence-corrected chi connectivity index (χ1v) is 12.6. The maximum Gasteiger partial charge on any atom is 1.00 e. The fraction of sp³-hybridized carbons (Fsp3) is 1.00. The Balaban J connectivity index is -0.0000000216. The van der Waals surface area contributed by atoms with Crippen molar-refractivity contribution in [2.45, 2.75) is 39.3 Å². The summed E-state index contributed by atoms with van der Waals surface area (Å²) in [6.07, 6.45) is 0. The van der Waals surface area contributed by atoms with E-state index in [2.05, 4.69) is 39.3 Å². The molecule has 0 atom stereocenters. The van der Waals surface area contributed by atoms with Gasteiger partial charge in [0, 0.05) is 17.6 Å². The Hall–Kier alpha value is 2.34. The topological polar surface area (TPSA) is 86.2 Å². The molecule has 0 fully saturated rings. The van der Waals surface area contributed by atoms with E-state index < -0.39 is 7.82 Å². The molecule has 10 heteroatoms. The predicted octanol–water partition coefficient (Wildman–Crippen LogP) is -9.61. The Morgan fingerprint density at radius 3 is 0.688 bits per heavy atom. The minimum atomic E-state index is -5.39. The Morgan fingerprint density at radius 1 is 0.688 bits per heavy atom. The molecule has 0 aliphatic heterocycles. The van der Waals surface area contributed by atoms with Crippen molar-refractivity contribution in [2.24, 2.45) is 0 Å². The Morgan fingerprint density at radius 2 is 0.688 bits per heavy atom. The zero-order chi connectivity index (χ0) is 11.7. The SMILES string of the molecule is C[SiH](C)C.C[SiH](C)C.O=P([O-])([O-])[O-].[Li+].[Li+].[Li+]. The molecule has 0 saturated heterocycles. The van der Waals surface area contributed by atoms with Crippen LogP contribution in [0.2, 0.25) is 39.3 Å². The van der Waals surface area contributed by atoms with E-state index in [1.165, 1.54) is 0 Å². The third-order valence-corrected chi connectivity index (χ3v) is 0. The van der Waals surface area contributed by atoms with Crippen LogP contribution in [0.1, 0.15) is 0 Å². The zero-order valence-electron chi connectivity index (χ0n) is 12.2. The summed E-state index contributed by atoms with van der Waals surface area (Å²) in [5.74, 6) is 0. The third-order valence-electron chi connectivity index (χ3n) is 0. The van der Waals surface area contributed by atoms with Crippen molar-refractivity contribution in [3.63, 3.8) is 0 Å². The van der Waals surface area contributed by atoms with Crippen molar-refractivity contribution in [2.75, 3.05) is 0 Å². The molecule has 0 aromatic carbocycles. The van der Waals surface area contributed by atoms with Crippen LogP contribution in [-0.2, 0) is 4.57 Å². The van der Waals surface area contributed by atoms with E-state index in [0.717, 1.165) is 0 Å². The third kappa shape index (κ3) is 704. The minimum absolute atomic E-state index is 0. The second-order valence-electron chi connectivity index (χ2n) is 3.91. The predicted molar refractivity (Wildman–Crippen MR) is 57.1 cm³/mol. The van der Waals surface area contributed by atoms with Crippen LogP contribution in [0.3, 0.4) is 0 Å². The average molecular weight is 264 g/mol. The van der Waals surface area contributed by atoms with Gasteiger partial charge in [-0.2, -0.15) is 7.82 Å². The number of hydrogen-bond acceptors (Lipinski definition) is 4. The summed E-state index contributed by atoms with van der Waals surface area (Å²) in [5, 5.41) is 0. The maximum atomic E-state index is 8.55. The molecule has 0 radical (unpaired) electrons.